The van der Waals surface area contributed by atoms with Gasteiger partial charge in [-0.05, 0) is 73.0 Å². The lowest BCUT2D eigenvalue weighted by Gasteiger charge is -2.23. The summed E-state index contributed by atoms with van der Waals surface area (Å²) in [5.74, 6) is -0.242. The summed E-state index contributed by atoms with van der Waals surface area (Å²) in [6.07, 6.45) is 5.10. The van der Waals surface area contributed by atoms with Crippen molar-refractivity contribution in [3.63, 3.8) is 0 Å². The molecule has 34 heavy (non-hydrogen) atoms. The second kappa shape index (κ2) is 9.74. The molecule has 1 saturated heterocycles. The highest BCUT2D eigenvalue weighted by Gasteiger charge is 2.34. The Morgan fingerprint density at radius 1 is 0.971 bits per heavy atom. The first-order chi connectivity index (χ1) is 16.5. The summed E-state index contributed by atoms with van der Waals surface area (Å²) in [5, 5.41) is 0. The van der Waals surface area contributed by atoms with E-state index in [-0.39, 0.29) is 18.1 Å². The first-order valence-electron chi connectivity index (χ1n) is 11.4. The molecule has 1 fully saturated rings. The highest BCUT2D eigenvalue weighted by atomic mass is 79.9. The Labute approximate surface area is 207 Å². The largest absolute Gasteiger partial charge is 0.399 e. The van der Waals surface area contributed by atoms with Gasteiger partial charge in [-0.15, -0.1) is 0 Å². The molecule has 1 aromatic heterocycles. The number of benzene rings is 3. The number of nitrogens with zero attached hydrogens (tertiary/aromatic N) is 2. The first-order valence-corrected chi connectivity index (χ1v) is 12.2. The van der Waals surface area contributed by atoms with Crippen LogP contribution in [0.5, 0.6) is 0 Å². The van der Waals surface area contributed by atoms with Crippen molar-refractivity contribution in [2.75, 3.05) is 18.8 Å². The van der Waals surface area contributed by atoms with Crippen LogP contribution in [0, 0.1) is 5.82 Å². The highest BCUT2D eigenvalue weighted by molar-refractivity contribution is 9.10. The van der Waals surface area contributed by atoms with Crippen LogP contribution < -0.4 is 5.73 Å². The molecule has 2 atom stereocenters. The van der Waals surface area contributed by atoms with Gasteiger partial charge in [-0.1, -0.05) is 40.2 Å². The predicted molar refractivity (Wildman–Crippen MR) is 138 cm³/mol. The van der Waals surface area contributed by atoms with E-state index in [0.717, 1.165) is 52.0 Å². The zero-order chi connectivity index (χ0) is 23.7. The maximum Gasteiger partial charge on any atom is 0.139 e. The van der Waals surface area contributed by atoms with E-state index in [1.807, 2.05) is 36.4 Å². The summed E-state index contributed by atoms with van der Waals surface area (Å²) < 4.78 is 23.2. The third-order valence-corrected chi connectivity index (χ3v) is 6.78. The Hall–Kier alpha value is -2.93. The van der Waals surface area contributed by atoms with Crippen molar-refractivity contribution in [1.29, 1.82) is 0 Å². The Kier molecular flexibility index (Phi) is 6.55. The average Bonchev–Trinajstić information content (AvgIpc) is 3.43. The van der Waals surface area contributed by atoms with Crippen molar-refractivity contribution in [2.45, 2.75) is 25.7 Å². The van der Waals surface area contributed by atoms with Crippen molar-refractivity contribution in [1.82, 2.24) is 9.47 Å². The molecule has 0 bridgehead atoms. The van der Waals surface area contributed by atoms with Crippen LogP contribution in [0.15, 0.2) is 89.7 Å². The minimum Gasteiger partial charge on any atom is -0.399 e. The summed E-state index contributed by atoms with van der Waals surface area (Å²) in [4.78, 5) is 2.38. The molecule has 2 heterocycles. The normalized spacial score (nSPS) is 18.4. The van der Waals surface area contributed by atoms with Crippen molar-refractivity contribution < 1.29 is 9.13 Å². The van der Waals surface area contributed by atoms with E-state index in [1.165, 1.54) is 17.7 Å². The van der Waals surface area contributed by atoms with Crippen molar-refractivity contribution in [2.24, 2.45) is 0 Å². The monoisotopic (exact) mass is 519 g/mol. The summed E-state index contributed by atoms with van der Waals surface area (Å²) >= 11 is 3.51. The van der Waals surface area contributed by atoms with Gasteiger partial charge in [0, 0.05) is 52.5 Å². The minimum absolute atomic E-state index is 0.119. The Balaban J connectivity index is 1.49. The van der Waals surface area contributed by atoms with Crippen LogP contribution in [0.25, 0.3) is 16.8 Å². The number of aromatic nitrogens is 1. The van der Waals surface area contributed by atoms with Crippen LogP contribution >= 0.6 is 15.9 Å². The van der Waals surface area contributed by atoms with Gasteiger partial charge in [0.15, 0.2) is 0 Å². The number of hydrogen-bond donors (Lipinski definition) is 1. The molecule has 0 amide bonds. The van der Waals surface area contributed by atoms with Crippen LogP contribution in [0.2, 0.25) is 0 Å². The number of anilines is 1. The third-order valence-electron chi connectivity index (χ3n) is 6.26. The van der Waals surface area contributed by atoms with Crippen LogP contribution in [0.4, 0.5) is 10.1 Å². The fourth-order valence-corrected chi connectivity index (χ4v) is 4.78. The number of hydrogen-bond acceptors (Lipinski definition) is 3. The molecule has 0 radical (unpaired) electrons. The summed E-state index contributed by atoms with van der Waals surface area (Å²) in [6, 6.07) is 22.9. The van der Waals surface area contributed by atoms with E-state index in [9.17, 15) is 4.39 Å². The topological polar surface area (TPSA) is 43.4 Å². The first kappa shape index (κ1) is 22.8. The molecule has 1 aliphatic heterocycles. The fourth-order valence-electron chi connectivity index (χ4n) is 4.51. The van der Waals surface area contributed by atoms with Gasteiger partial charge in [-0.25, -0.2) is 4.39 Å². The van der Waals surface area contributed by atoms with Gasteiger partial charge < -0.3 is 15.0 Å². The number of halogens is 2. The Morgan fingerprint density at radius 2 is 1.68 bits per heavy atom. The predicted octanol–water partition coefficient (Wildman–Crippen LogP) is 6.59. The lowest BCUT2D eigenvalue weighted by Crippen LogP contribution is -2.27. The van der Waals surface area contributed by atoms with E-state index >= 15 is 0 Å². The van der Waals surface area contributed by atoms with Crippen LogP contribution in [0.3, 0.4) is 0 Å². The molecule has 2 N–H and O–H groups in total. The SMILES string of the molecule is C[C@@H]1CN(CCc2ccc(N)cc2)[C@H](c2cn(-c3ccc(Br)cc3)cc2-c2ccc(F)cc2)O1. The van der Waals surface area contributed by atoms with Crippen LogP contribution in [0.1, 0.15) is 24.3 Å². The van der Waals surface area contributed by atoms with Gasteiger partial charge in [0.2, 0.25) is 0 Å². The molecule has 0 spiro atoms. The molecule has 0 saturated carbocycles. The molecule has 0 unspecified atom stereocenters. The average molecular weight is 520 g/mol. The van der Waals surface area contributed by atoms with Gasteiger partial charge in [0.05, 0.1) is 6.10 Å². The molecule has 4 nitrogen and oxygen atoms in total. The highest BCUT2D eigenvalue weighted by Crippen LogP contribution is 2.38. The van der Waals surface area contributed by atoms with E-state index in [1.54, 1.807) is 0 Å². The van der Waals surface area contributed by atoms with E-state index in [4.69, 9.17) is 10.5 Å². The quantitative estimate of drug-likeness (QED) is 0.292. The lowest BCUT2D eigenvalue weighted by atomic mass is 10.0. The zero-order valence-electron chi connectivity index (χ0n) is 19.0. The van der Waals surface area contributed by atoms with Crippen LogP contribution in [-0.4, -0.2) is 28.7 Å². The Bertz CT molecular complexity index is 1250. The van der Waals surface area contributed by atoms with Crippen molar-refractivity contribution in [3.05, 3.63) is 107 Å². The van der Waals surface area contributed by atoms with Gasteiger partial charge >= 0.3 is 0 Å². The zero-order valence-corrected chi connectivity index (χ0v) is 20.6. The molecule has 6 heteroatoms. The van der Waals surface area contributed by atoms with Gasteiger partial charge in [-0.2, -0.15) is 0 Å². The number of ether oxygens (including phenoxy) is 1. The van der Waals surface area contributed by atoms with E-state index in [2.05, 4.69) is 69.0 Å². The van der Waals surface area contributed by atoms with Gasteiger partial charge in [-0.3, -0.25) is 4.90 Å². The second-order valence-electron chi connectivity index (χ2n) is 8.80. The van der Waals surface area contributed by atoms with Crippen molar-refractivity contribution >= 4 is 21.6 Å². The maximum absolute atomic E-state index is 13.7. The molecule has 5 rings (SSSR count). The fraction of sp³-hybridized carbons (Fsp3) is 0.214. The van der Waals surface area contributed by atoms with Gasteiger partial charge in [0.1, 0.15) is 12.0 Å². The third kappa shape index (κ3) is 4.94. The molecular weight excluding hydrogens is 493 g/mol. The Morgan fingerprint density at radius 3 is 2.38 bits per heavy atom. The standard InChI is InChI=1S/C28H27BrFN3O/c1-19-16-32(15-14-20-2-10-24(31)11-3-20)28(34-19)27-18-33(25-12-6-22(29)7-13-25)17-26(27)21-4-8-23(30)9-5-21/h2-13,17-19,28H,14-16,31H2,1H3/t19-,28+/m1/s1. The van der Waals surface area contributed by atoms with E-state index < -0.39 is 0 Å². The summed E-state index contributed by atoms with van der Waals surface area (Å²) in [6.45, 7) is 3.83. The number of nitrogens with two attached hydrogens (primary N) is 1. The van der Waals surface area contributed by atoms with Gasteiger partial charge in [0.25, 0.3) is 0 Å². The van der Waals surface area contributed by atoms with Crippen LogP contribution in [-0.2, 0) is 11.2 Å². The summed E-state index contributed by atoms with van der Waals surface area (Å²) in [7, 11) is 0. The minimum atomic E-state index is -0.242. The lowest BCUT2D eigenvalue weighted by molar-refractivity contribution is 0.00526. The smallest absolute Gasteiger partial charge is 0.139 e. The molecule has 3 aromatic carbocycles. The summed E-state index contributed by atoms with van der Waals surface area (Å²) in [5.41, 5.74) is 12.0. The molecule has 4 aromatic rings. The maximum atomic E-state index is 13.7. The number of nitrogen functional groups attached to an aromatic ring is 1. The molecule has 174 valence electrons. The second-order valence-corrected chi connectivity index (χ2v) is 9.72. The molecule has 0 aliphatic carbocycles. The van der Waals surface area contributed by atoms with E-state index in [0.29, 0.717) is 0 Å². The molecular formula is C28H27BrFN3O. The molecule has 1 aliphatic rings. The number of rotatable bonds is 6. The van der Waals surface area contributed by atoms with Crippen molar-refractivity contribution in [3.8, 4) is 16.8 Å².